The number of imidazole rings is 1. The first-order chi connectivity index (χ1) is 7.68. The molecule has 0 aliphatic heterocycles. The van der Waals surface area contributed by atoms with E-state index in [1.54, 1.807) is 22.5 Å². The van der Waals surface area contributed by atoms with E-state index in [1.807, 2.05) is 0 Å². The Bertz CT molecular complexity index is 607. The molecule has 6 heteroatoms. The van der Waals surface area contributed by atoms with Crippen LogP contribution in [0.4, 0.5) is 5.95 Å². The van der Waals surface area contributed by atoms with E-state index in [4.69, 9.17) is 5.73 Å². The number of nitrogens with zero attached hydrogens (tertiary/aromatic N) is 4. The summed E-state index contributed by atoms with van der Waals surface area (Å²) in [5.74, 6) is 0.297. The van der Waals surface area contributed by atoms with E-state index in [9.17, 15) is 4.79 Å². The Labute approximate surface area is 91.7 Å². The van der Waals surface area contributed by atoms with Gasteiger partial charge in [-0.15, -0.1) is 0 Å². The molecule has 2 aromatic rings. The van der Waals surface area contributed by atoms with Gasteiger partial charge in [-0.2, -0.15) is 4.98 Å². The first-order valence-corrected chi connectivity index (χ1v) is 5.37. The third-order valence-corrected chi connectivity index (χ3v) is 3.23. The predicted molar refractivity (Wildman–Crippen MR) is 60.1 cm³/mol. The topological polar surface area (TPSA) is 78.7 Å². The van der Waals surface area contributed by atoms with E-state index in [2.05, 4.69) is 9.97 Å². The molecule has 0 amide bonds. The van der Waals surface area contributed by atoms with Gasteiger partial charge in [0, 0.05) is 13.1 Å². The van der Waals surface area contributed by atoms with E-state index in [0.29, 0.717) is 17.1 Å². The van der Waals surface area contributed by atoms with Crippen LogP contribution in [0, 0.1) is 0 Å². The number of anilines is 1. The summed E-state index contributed by atoms with van der Waals surface area (Å²) in [6, 6.07) is 0.214. The number of nitrogen functional groups attached to an aromatic ring is 1. The Kier molecular flexibility index (Phi) is 1.80. The highest BCUT2D eigenvalue weighted by Crippen LogP contribution is 2.31. The molecule has 1 fully saturated rings. The molecular formula is C10H13N5O. The van der Waals surface area contributed by atoms with Crippen molar-refractivity contribution in [1.29, 1.82) is 0 Å². The summed E-state index contributed by atoms with van der Waals surface area (Å²) in [6.45, 7) is 0. The fourth-order valence-electron chi connectivity index (χ4n) is 2.08. The smallest absolute Gasteiger partial charge is 0.283 e. The summed E-state index contributed by atoms with van der Waals surface area (Å²) < 4.78 is 3.29. The summed E-state index contributed by atoms with van der Waals surface area (Å²) >= 11 is 0. The van der Waals surface area contributed by atoms with Gasteiger partial charge in [0.15, 0.2) is 11.2 Å². The molecule has 3 rings (SSSR count). The molecule has 0 saturated heterocycles. The maximum absolute atomic E-state index is 12.2. The minimum Gasteiger partial charge on any atom is -0.369 e. The molecule has 1 aliphatic carbocycles. The number of hydrogen-bond acceptors (Lipinski definition) is 4. The predicted octanol–water partition coefficient (Wildman–Crippen LogP) is 0.437. The molecule has 1 saturated carbocycles. The number of aryl methyl sites for hydroxylation is 1. The minimum atomic E-state index is -0.118. The molecule has 1 aliphatic rings. The number of nitrogens with two attached hydrogens (primary N) is 1. The third-order valence-electron chi connectivity index (χ3n) is 3.23. The van der Waals surface area contributed by atoms with Crippen molar-refractivity contribution in [3.05, 3.63) is 16.7 Å². The molecular weight excluding hydrogens is 206 g/mol. The van der Waals surface area contributed by atoms with Gasteiger partial charge in [-0.1, -0.05) is 0 Å². The summed E-state index contributed by atoms with van der Waals surface area (Å²) in [5, 5.41) is 0. The maximum atomic E-state index is 12.2. The van der Waals surface area contributed by atoms with Crippen LogP contribution in [-0.4, -0.2) is 19.1 Å². The summed E-state index contributed by atoms with van der Waals surface area (Å²) in [6.07, 6.45) is 4.74. The van der Waals surface area contributed by atoms with Crippen LogP contribution in [0.5, 0.6) is 0 Å². The van der Waals surface area contributed by atoms with E-state index < -0.39 is 0 Å². The van der Waals surface area contributed by atoms with Crippen molar-refractivity contribution in [1.82, 2.24) is 19.1 Å². The molecule has 2 heterocycles. The van der Waals surface area contributed by atoms with Gasteiger partial charge in [0.2, 0.25) is 5.95 Å². The largest absolute Gasteiger partial charge is 0.369 e. The number of fused-ring (bicyclic) bond motifs is 1. The van der Waals surface area contributed by atoms with Crippen molar-refractivity contribution in [3.63, 3.8) is 0 Å². The number of aromatic nitrogens is 4. The molecule has 0 atom stereocenters. The zero-order chi connectivity index (χ0) is 11.3. The molecule has 0 bridgehead atoms. The van der Waals surface area contributed by atoms with Gasteiger partial charge in [-0.3, -0.25) is 9.36 Å². The van der Waals surface area contributed by atoms with Crippen LogP contribution in [-0.2, 0) is 7.05 Å². The van der Waals surface area contributed by atoms with Crippen LogP contribution in [0.2, 0.25) is 0 Å². The summed E-state index contributed by atoms with van der Waals surface area (Å²) in [7, 11) is 1.80. The number of rotatable bonds is 1. The molecule has 84 valence electrons. The first-order valence-electron chi connectivity index (χ1n) is 5.37. The lowest BCUT2D eigenvalue weighted by atomic mass is 9.93. The highest BCUT2D eigenvalue weighted by molar-refractivity contribution is 5.70. The summed E-state index contributed by atoms with van der Waals surface area (Å²) in [5.41, 5.74) is 6.68. The molecule has 0 unspecified atom stereocenters. The van der Waals surface area contributed by atoms with Crippen molar-refractivity contribution in [2.45, 2.75) is 25.3 Å². The van der Waals surface area contributed by atoms with Gasteiger partial charge < -0.3 is 10.3 Å². The molecule has 0 radical (unpaired) electrons. The molecule has 2 aromatic heterocycles. The normalized spacial score (nSPS) is 16.6. The van der Waals surface area contributed by atoms with Crippen molar-refractivity contribution < 1.29 is 0 Å². The number of hydrogen-bond donors (Lipinski definition) is 1. The first kappa shape index (κ1) is 9.38. The molecule has 16 heavy (non-hydrogen) atoms. The van der Waals surface area contributed by atoms with Gasteiger partial charge in [0.1, 0.15) is 0 Å². The van der Waals surface area contributed by atoms with E-state index in [0.717, 1.165) is 19.3 Å². The Morgan fingerprint density at radius 1 is 1.50 bits per heavy atom. The molecule has 0 spiro atoms. The Hall–Kier alpha value is -1.85. The minimum absolute atomic E-state index is 0.118. The lowest BCUT2D eigenvalue weighted by Crippen LogP contribution is -2.32. The van der Waals surface area contributed by atoms with Crippen molar-refractivity contribution >= 4 is 17.1 Å². The van der Waals surface area contributed by atoms with Gasteiger partial charge in [-0.25, -0.2) is 4.98 Å². The standard InChI is InChI=1S/C10H13N5O/c1-14-5-12-7-8(14)13-10(11)15(9(7)16)6-3-2-4-6/h5-6H,2-4H2,1H3,(H2,11,13). The zero-order valence-corrected chi connectivity index (χ0v) is 9.05. The van der Waals surface area contributed by atoms with Crippen LogP contribution < -0.4 is 11.3 Å². The molecule has 0 aromatic carbocycles. The quantitative estimate of drug-likeness (QED) is 0.754. The third kappa shape index (κ3) is 1.09. The fraction of sp³-hybridized carbons (Fsp3) is 0.500. The lowest BCUT2D eigenvalue weighted by Gasteiger charge is -2.28. The highest BCUT2D eigenvalue weighted by atomic mass is 16.1. The average Bonchev–Trinajstić information content (AvgIpc) is 2.52. The Balaban J connectivity index is 2.32. The van der Waals surface area contributed by atoms with E-state index >= 15 is 0 Å². The Morgan fingerprint density at radius 3 is 2.88 bits per heavy atom. The van der Waals surface area contributed by atoms with Gasteiger partial charge >= 0.3 is 0 Å². The van der Waals surface area contributed by atoms with Crippen LogP contribution >= 0.6 is 0 Å². The van der Waals surface area contributed by atoms with Crippen LogP contribution in [0.15, 0.2) is 11.1 Å². The van der Waals surface area contributed by atoms with Crippen molar-refractivity contribution in [3.8, 4) is 0 Å². The maximum Gasteiger partial charge on any atom is 0.283 e. The average molecular weight is 219 g/mol. The second-order valence-electron chi connectivity index (χ2n) is 4.26. The van der Waals surface area contributed by atoms with Crippen LogP contribution in [0.25, 0.3) is 11.2 Å². The zero-order valence-electron chi connectivity index (χ0n) is 9.05. The second-order valence-corrected chi connectivity index (χ2v) is 4.26. The SMILES string of the molecule is Cn1cnc2c(=O)n(C3CCC3)c(N)nc21. The van der Waals surface area contributed by atoms with Gasteiger partial charge in [0.25, 0.3) is 5.56 Å². The van der Waals surface area contributed by atoms with Gasteiger partial charge in [-0.05, 0) is 19.3 Å². The van der Waals surface area contributed by atoms with Gasteiger partial charge in [0.05, 0.1) is 6.33 Å². The summed E-state index contributed by atoms with van der Waals surface area (Å²) in [4.78, 5) is 20.5. The van der Waals surface area contributed by atoms with E-state index in [-0.39, 0.29) is 11.6 Å². The Morgan fingerprint density at radius 2 is 2.25 bits per heavy atom. The highest BCUT2D eigenvalue weighted by Gasteiger charge is 2.24. The monoisotopic (exact) mass is 219 g/mol. The van der Waals surface area contributed by atoms with Crippen molar-refractivity contribution in [2.24, 2.45) is 7.05 Å². The molecule has 2 N–H and O–H groups in total. The fourth-order valence-corrected chi connectivity index (χ4v) is 2.08. The second kappa shape index (κ2) is 3.07. The lowest BCUT2D eigenvalue weighted by molar-refractivity contribution is 0.309. The molecule has 6 nitrogen and oxygen atoms in total. The van der Waals surface area contributed by atoms with Crippen LogP contribution in [0.1, 0.15) is 25.3 Å². The van der Waals surface area contributed by atoms with E-state index in [1.165, 1.54) is 0 Å². The van der Waals surface area contributed by atoms with Crippen LogP contribution in [0.3, 0.4) is 0 Å². The van der Waals surface area contributed by atoms with Crippen molar-refractivity contribution in [2.75, 3.05) is 5.73 Å².